The second-order valence-corrected chi connectivity index (χ2v) is 3.55. The predicted molar refractivity (Wildman–Crippen MR) is 54.1 cm³/mol. The Hall–Kier alpha value is -2.02. The summed E-state index contributed by atoms with van der Waals surface area (Å²) in [6, 6.07) is 0. The predicted octanol–water partition coefficient (Wildman–Crippen LogP) is -1.02. The van der Waals surface area contributed by atoms with Crippen molar-refractivity contribution in [3.63, 3.8) is 0 Å². The highest BCUT2D eigenvalue weighted by atomic mass is 15.1. The fourth-order valence-corrected chi connectivity index (χ4v) is 1.15. The normalized spacial score (nSPS) is 14.7. The summed E-state index contributed by atoms with van der Waals surface area (Å²) in [5.74, 6) is 5.38. The largest absolute Gasteiger partial charge is 0.383 e. The maximum Gasteiger partial charge on any atom is 0.383 e. The molecular weight excluding hydrogens is 189 g/mol. The molecule has 0 saturated carbocycles. The molecule has 0 aromatic heterocycles. The highest BCUT2D eigenvalue weighted by Gasteiger charge is 2.22. The maximum atomic E-state index is 8.09. The van der Waals surface area contributed by atoms with Crippen LogP contribution in [0.2, 0.25) is 0 Å². The molecule has 6 heteroatoms. The first-order valence-electron chi connectivity index (χ1n) is 4.76. The van der Waals surface area contributed by atoms with Crippen LogP contribution >= 0.6 is 0 Å². The van der Waals surface area contributed by atoms with Crippen LogP contribution in [0.4, 0.5) is 0 Å². The first-order chi connectivity index (χ1) is 7.14. The number of rotatable bonds is 0. The zero-order chi connectivity index (χ0) is 11.7. The molecule has 1 saturated heterocycles. The highest BCUT2D eigenvalue weighted by molar-refractivity contribution is 7.05. The van der Waals surface area contributed by atoms with E-state index in [-0.39, 0.29) is 0 Å². The molecule has 0 aliphatic carbocycles. The standard InChI is InChI=1S/C5H11N.C4BN4/c1-6-4-2-3-5-6;6-1-5(2-7,3-8)4-9/h2-5H2,1H3;/q;-1/p+1. The van der Waals surface area contributed by atoms with Gasteiger partial charge in [0.1, 0.15) is 0 Å². The lowest BCUT2D eigenvalue weighted by molar-refractivity contribution is -0.866. The van der Waals surface area contributed by atoms with Gasteiger partial charge in [-0.05, 0) is 0 Å². The molecule has 0 spiro atoms. The van der Waals surface area contributed by atoms with Crippen LogP contribution in [0.1, 0.15) is 12.8 Å². The van der Waals surface area contributed by atoms with E-state index in [9.17, 15) is 0 Å². The number of nitrogens with one attached hydrogen (secondary N) is 1. The van der Waals surface area contributed by atoms with Gasteiger partial charge in [0, 0.05) is 12.8 Å². The zero-order valence-corrected chi connectivity index (χ0v) is 8.69. The molecule has 1 aliphatic heterocycles. The summed E-state index contributed by atoms with van der Waals surface area (Å²) in [6.07, 6.45) is 0.178. The lowest BCUT2D eigenvalue weighted by Crippen LogP contribution is -3.06. The van der Waals surface area contributed by atoms with Crippen LogP contribution in [0.25, 0.3) is 0 Å². The quantitative estimate of drug-likeness (QED) is 0.507. The molecule has 5 nitrogen and oxygen atoms in total. The Morgan fingerprint density at radius 3 is 1.27 bits per heavy atom. The van der Waals surface area contributed by atoms with Crippen LogP contribution < -0.4 is 4.90 Å². The van der Waals surface area contributed by atoms with Gasteiger partial charge in [-0.1, -0.05) is 0 Å². The molecular formula is C9H12BN5. The van der Waals surface area contributed by atoms with Gasteiger partial charge in [-0.2, -0.15) is 0 Å². The Morgan fingerprint density at radius 1 is 0.867 bits per heavy atom. The second-order valence-electron chi connectivity index (χ2n) is 3.55. The lowest BCUT2D eigenvalue weighted by Gasteiger charge is -1.98. The first-order valence-corrected chi connectivity index (χ1v) is 4.76. The molecule has 0 aromatic rings. The van der Waals surface area contributed by atoms with Crippen molar-refractivity contribution in [2.24, 2.45) is 0 Å². The van der Waals surface area contributed by atoms with Gasteiger partial charge in [-0.3, -0.25) is 0 Å². The van der Waals surface area contributed by atoms with Crippen LogP contribution in [-0.4, -0.2) is 26.3 Å². The third-order valence-electron chi connectivity index (χ3n) is 2.23. The van der Waals surface area contributed by atoms with Crippen molar-refractivity contribution < 1.29 is 4.90 Å². The van der Waals surface area contributed by atoms with Gasteiger partial charge in [-0.25, -0.2) is 21.0 Å². The number of hydrogen-bond donors (Lipinski definition) is 1. The molecule has 15 heavy (non-hydrogen) atoms. The third-order valence-corrected chi connectivity index (χ3v) is 2.23. The van der Waals surface area contributed by atoms with E-state index in [0.29, 0.717) is 0 Å². The third kappa shape index (κ3) is 4.14. The van der Waals surface area contributed by atoms with Gasteiger partial charge in [0.25, 0.3) is 0 Å². The molecule has 0 radical (unpaired) electrons. The molecule has 0 amide bonds. The zero-order valence-electron chi connectivity index (χ0n) is 8.69. The van der Waals surface area contributed by atoms with E-state index in [4.69, 9.17) is 21.0 Å². The number of likely N-dealkylation sites (tertiary alicyclic amines) is 1. The van der Waals surface area contributed by atoms with E-state index in [1.54, 1.807) is 4.90 Å². The first kappa shape index (κ1) is 13.0. The van der Waals surface area contributed by atoms with Crippen molar-refractivity contribution in [2.45, 2.75) is 12.8 Å². The molecule has 0 unspecified atom stereocenters. The van der Waals surface area contributed by atoms with E-state index < -0.39 is 6.15 Å². The summed E-state index contributed by atoms with van der Waals surface area (Å²) in [5.41, 5.74) is 0. The van der Waals surface area contributed by atoms with E-state index in [1.807, 2.05) is 0 Å². The van der Waals surface area contributed by atoms with Crippen LogP contribution in [0.3, 0.4) is 0 Å². The fraction of sp³-hybridized carbons (Fsp3) is 0.556. The number of nitriles is 4. The van der Waals surface area contributed by atoms with Crippen molar-refractivity contribution in [1.82, 2.24) is 0 Å². The fourth-order valence-electron chi connectivity index (χ4n) is 1.15. The van der Waals surface area contributed by atoms with Crippen LogP contribution in [-0.2, 0) is 0 Å². The van der Waals surface area contributed by atoms with Crippen LogP contribution in [0, 0.1) is 44.9 Å². The van der Waals surface area contributed by atoms with Crippen molar-refractivity contribution >= 4 is 6.15 Å². The number of nitrogens with zero attached hydrogens (tertiary/aromatic N) is 4. The minimum atomic E-state index is -2.72. The molecule has 1 heterocycles. The van der Waals surface area contributed by atoms with Gasteiger partial charge < -0.3 is 4.90 Å². The summed E-state index contributed by atoms with van der Waals surface area (Å²) in [4.78, 5) is 1.70. The highest BCUT2D eigenvalue weighted by Crippen LogP contribution is 1.92. The molecule has 0 aromatic carbocycles. The average Bonchev–Trinajstić information content (AvgIpc) is 2.74. The molecule has 1 rings (SSSR count). The molecule has 1 N–H and O–H groups in total. The van der Waals surface area contributed by atoms with Gasteiger partial charge >= 0.3 is 6.15 Å². The second kappa shape index (κ2) is 6.44. The van der Waals surface area contributed by atoms with Gasteiger partial charge in [0.2, 0.25) is 0 Å². The lowest BCUT2D eigenvalue weighted by atomic mass is 9.30. The van der Waals surface area contributed by atoms with Gasteiger partial charge in [0.15, 0.2) is 0 Å². The Kier molecular flexibility index (Phi) is 5.58. The molecule has 0 atom stereocenters. The summed E-state index contributed by atoms with van der Waals surface area (Å²) in [7, 11) is 2.26. The minimum Gasteiger partial charge on any atom is -0.337 e. The number of quaternary nitrogens is 1. The Morgan fingerprint density at radius 2 is 1.20 bits per heavy atom. The Labute approximate surface area is 89.6 Å². The van der Waals surface area contributed by atoms with Gasteiger partial charge in [-0.15, -0.1) is 23.9 Å². The molecule has 1 fully saturated rings. The van der Waals surface area contributed by atoms with Crippen molar-refractivity contribution in [3.05, 3.63) is 0 Å². The summed E-state index contributed by atoms with van der Waals surface area (Å²) in [6.45, 7) is 2.81. The van der Waals surface area contributed by atoms with E-state index in [2.05, 4.69) is 7.05 Å². The van der Waals surface area contributed by atoms with E-state index >= 15 is 0 Å². The smallest absolute Gasteiger partial charge is 0.337 e. The molecule has 0 bridgehead atoms. The summed E-state index contributed by atoms with van der Waals surface area (Å²) < 4.78 is 0. The van der Waals surface area contributed by atoms with Crippen LogP contribution in [0.5, 0.6) is 0 Å². The van der Waals surface area contributed by atoms with Crippen molar-refractivity contribution in [1.29, 1.82) is 21.0 Å². The van der Waals surface area contributed by atoms with Crippen molar-refractivity contribution in [3.8, 4) is 23.9 Å². The monoisotopic (exact) mass is 201 g/mol. The Balaban J connectivity index is 0.000000280. The van der Waals surface area contributed by atoms with E-state index in [0.717, 1.165) is 0 Å². The summed E-state index contributed by atoms with van der Waals surface area (Å²) in [5, 5.41) is 32.3. The van der Waals surface area contributed by atoms with E-state index in [1.165, 1.54) is 49.8 Å². The Bertz CT molecular complexity index is 296. The maximum absolute atomic E-state index is 8.09. The van der Waals surface area contributed by atoms with Crippen LogP contribution in [0.15, 0.2) is 0 Å². The average molecular weight is 201 g/mol. The summed E-state index contributed by atoms with van der Waals surface area (Å²) >= 11 is 0. The molecule has 76 valence electrons. The van der Waals surface area contributed by atoms with Crippen molar-refractivity contribution in [2.75, 3.05) is 20.1 Å². The SMILES string of the molecule is C[NH+]1CCCC1.N#C[B-](C#N)(C#N)C#N. The minimum absolute atomic E-state index is 1.34. The topological polar surface area (TPSA) is 99.6 Å². The van der Waals surface area contributed by atoms with Gasteiger partial charge in [0.05, 0.1) is 20.1 Å². The molecule has 1 aliphatic rings. The number of hydrogen-bond acceptors (Lipinski definition) is 4.